The predicted molar refractivity (Wildman–Crippen MR) is 401 cm³/mol. The molecule has 100 heavy (non-hydrogen) atoms. The molecule has 0 radical (unpaired) electrons. The number of carbonyl (C=O) groups excluding carboxylic acids is 6. The Kier molecular flexibility index (Phi) is 44.6. The molecule has 0 aliphatic carbocycles. The number of hydrogen-bond donors (Lipinski definition) is 4. The molecule has 1 fully saturated rings. The number of halogens is 6. The van der Waals surface area contributed by atoms with Crippen LogP contribution in [0.3, 0.4) is 0 Å². The number of alkyl halides is 3. The Labute approximate surface area is 617 Å². The third kappa shape index (κ3) is 37.6. The summed E-state index contributed by atoms with van der Waals surface area (Å²) in [6.45, 7) is 34.9. The van der Waals surface area contributed by atoms with E-state index in [0.717, 1.165) is 6.42 Å². The van der Waals surface area contributed by atoms with E-state index in [0.29, 0.717) is 69.1 Å². The highest BCUT2D eigenvalue weighted by molar-refractivity contribution is 7.88. The molecule has 1 aliphatic rings. The minimum atomic E-state index is -5.39. The lowest BCUT2D eigenvalue weighted by Gasteiger charge is -2.38. The molecule has 578 valence electrons. The number of benzene rings is 2. The van der Waals surface area contributed by atoms with Crippen molar-refractivity contribution in [1.82, 2.24) is 35.8 Å². The van der Waals surface area contributed by atoms with Crippen LogP contribution in [0.25, 0.3) is 11.3 Å². The topological polar surface area (TPSA) is 285 Å². The zero-order chi connectivity index (χ0) is 74.7. The summed E-state index contributed by atoms with van der Waals surface area (Å²) in [5.41, 5.74) is -4.72. The van der Waals surface area contributed by atoms with Crippen LogP contribution in [0.15, 0.2) is 53.1 Å². The van der Waals surface area contributed by atoms with E-state index < -0.39 is 82.1 Å². The number of amides is 5. The van der Waals surface area contributed by atoms with Gasteiger partial charge in [-0.3, -0.25) is 19.7 Å². The summed E-state index contributed by atoms with van der Waals surface area (Å²) in [7, 11) is -3.89. The first-order valence-electron chi connectivity index (χ1n) is 31.6. The van der Waals surface area contributed by atoms with Crippen molar-refractivity contribution in [3.8, 4) is 11.3 Å². The molecule has 1 saturated heterocycles. The third-order valence-corrected chi connectivity index (χ3v) is 28.6. The number of aromatic nitrogens is 1. The van der Waals surface area contributed by atoms with Crippen molar-refractivity contribution in [2.24, 2.45) is 0 Å². The van der Waals surface area contributed by atoms with Gasteiger partial charge in [-0.15, -0.1) is 0 Å². The first kappa shape index (κ1) is 99.4. The molecule has 2 aromatic carbocycles. The van der Waals surface area contributed by atoms with Gasteiger partial charge in [0.05, 0.1) is 37.9 Å². The highest BCUT2D eigenvalue weighted by Gasteiger charge is 2.49. The normalized spacial score (nSPS) is 13.7. The molecule has 37 heteroatoms. The monoisotopic (exact) mass is 1580 g/mol. The number of urea groups is 1. The van der Waals surface area contributed by atoms with Crippen LogP contribution in [0.2, 0.25) is 60.9 Å². The van der Waals surface area contributed by atoms with E-state index in [1.807, 2.05) is 27.8 Å². The van der Waals surface area contributed by atoms with Crippen molar-refractivity contribution in [3.05, 3.63) is 70.8 Å². The lowest BCUT2D eigenvalue weighted by atomic mass is 10.1. The van der Waals surface area contributed by atoms with Gasteiger partial charge in [0.15, 0.2) is 16.6 Å². The molecular weight excluding hydrogens is 1470 g/mol. The van der Waals surface area contributed by atoms with Crippen LogP contribution in [0.4, 0.5) is 42.2 Å². The Morgan fingerprint density at radius 3 is 1.72 bits per heavy atom. The van der Waals surface area contributed by atoms with E-state index in [2.05, 4.69) is 103 Å². The minimum Gasteiger partial charge on any atom is -0.469 e. The van der Waals surface area contributed by atoms with Crippen LogP contribution in [-0.4, -0.2) is 200 Å². The summed E-state index contributed by atoms with van der Waals surface area (Å²) in [5.74, 6) is -1.61. The maximum Gasteiger partial charge on any atom is 0.522 e. The molecule has 0 spiro atoms. The number of rotatable bonds is 26. The highest BCUT2D eigenvalue weighted by atomic mass is 35.5. The molecule has 24 nitrogen and oxygen atoms in total. The second-order valence-corrected chi connectivity index (χ2v) is 44.1. The SMILES string of the molecule is CN(C(=O)NCc1cccc(F)c1Cl)[C@@H](CCC(=O)N1CCNCC1)COC(=O)Nc1cc(-c2cccc(F)c2)no1.CN[C@@H](CCC(=O)OC)CO[Si](C)(C)C(C)(C)C.COC(=O)CC[C@@H](CO[Si](C)(C)C(C)(C)C)N(C)C(=O)OC(C)(C)C.C[Si](C)(C)OS(=O)(=O)C(F)(F)F.S.S.S. The van der Waals surface area contributed by atoms with Gasteiger partial charge in [0.2, 0.25) is 20.1 Å². The molecule has 1 aliphatic heterocycles. The summed E-state index contributed by atoms with van der Waals surface area (Å²) in [6.07, 6.45) is 0.929. The Hall–Kier alpha value is -4.74. The highest BCUT2D eigenvalue weighted by Crippen LogP contribution is 2.38. The van der Waals surface area contributed by atoms with Gasteiger partial charge in [-0.05, 0) is 127 Å². The standard InChI is InChI=1S/C28H31ClF2N6O5.C18H37NO5Si.C13H29NO3Si.C4H9F3O3SSi.3H2S/c1-36(27(39)33-16-19-5-3-7-22(31)26(19)29)21(8-9-25(38)37-12-10-32-11-13-37)17-41-28(40)34-24-15-23(35-42-24)18-4-2-6-20(30)14-18;1-17(2,3)24-16(21)19(7)14(11-12-15(20)22-8)13-23-25(9,10)18(4,5)6;1-13(2,3)18(6,7)17-10-11(14-4)8-9-12(15)16-5;1-12(2,3)10-11(8,9)4(5,6)7;;;/h2-7,14-15,21,32H,8-13,16-17H2,1H3,(H,33,39)(H,34,40);14H,11-13H2,1-10H3;11,14H,8-10H2,1-7H3;1-3H3;3*1H2/t21-;14-;11-;;;;/m000..../s1. The minimum absolute atomic E-state index is 0. The fraction of sp³-hybridized carbons (Fsp3) is 0.667. The Morgan fingerprint density at radius 1 is 0.730 bits per heavy atom. The van der Waals surface area contributed by atoms with Crippen LogP contribution in [-0.2, 0) is 62.7 Å². The van der Waals surface area contributed by atoms with Gasteiger partial charge in [-0.1, -0.05) is 82.6 Å². The fourth-order valence-corrected chi connectivity index (χ4v) is 13.0. The number of ether oxygens (including phenoxy) is 4. The molecule has 2 heterocycles. The third-order valence-electron chi connectivity index (χ3n) is 15.8. The summed E-state index contributed by atoms with van der Waals surface area (Å²) < 4.78 is 125. The van der Waals surface area contributed by atoms with Crippen molar-refractivity contribution in [3.63, 3.8) is 0 Å². The van der Waals surface area contributed by atoms with Crippen molar-refractivity contribution >= 4 is 129 Å². The summed E-state index contributed by atoms with van der Waals surface area (Å²) in [5, 5.41) is 15.5. The number of likely N-dealkylation sites (N-methyl/N-ethyl adjacent to an activating group) is 3. The maximum atomic E-state index is 13.8. The summed E-state index contributed by atoms with van der Waals surface area (Å²) >= 11 is 5.99. The Balaban J connectivity index is -0.00000139. The van der Waals surface area contributed by atoms with Crippen molar-refractivity contribution in [2.45, 2.75) is 193 Å². The molecule has 1 aromatic heterocycles. The van der Waals surface area contributed by atoms with Gasteiger partial charge < -0.3 is 66.8 Å². The average Bonchev–Trinajstić information content (AvgIpc) is 0.972. The first-order valence-corrected chi connectivity index (χ1v) is 42.6. The molecule has 5 amide bonds. The van der Waals surface area contributed by atoms with E-state index >= 15 is 0 Å². The fourth-order valence-electron chi connectivity index (χ4n) is 7.71. The van der Waals surface area contributed by atoms with Crippen LogP contribution in [0.1, 0.15) is 106 Å². The number of anilines is 1. The average molecular weight is 1580 g/mol. The van der Waals surface area contributed by atoms with Crippen LogP contribution in [0, 0.1) is 11.6 Å². The lowest BCUT2D eigenvalue weighted by Crippen LogP contribution is -2.48. The molecule has 3 atom stereocenters. The molecule has 0 unspecified atom stereocenters. The van der Waals surface area contributed by atoms with Crippen molar-refractivity contribution in [1.29, 1.82) is 0 Å². The van der Waals surface area contributed by atoms with Crippen LogP contribution in [0.5, 0.6) is 0 Å². The smallest absolute Gasteiger partial charge is 0.469 e. The summed E-state index contributed by atoms with van der Waals surface area (Å²) in [6, 6.07) is 10.2. The second kappa shape index (κ2) is 44.8. The number of carbonyl (C=O) groups is 6. The molecule has 3 aromatic rings. The van der Waals surface area contributed by atoms with E-state index in [1.54, 1.807) is 24.1 Å². The van der Waals surface area contributed by atoms with Gasteiger partial charge in [0.1, 0.15) is 29.5 Å². The van der Waals surface area contributed by atoms with Gasteiger partial charge in [-0.25, -0.2) is 23.2 Å². The first-order chi connectivity index (χ1) is 44.4. The number of nitrogens with one attached hydrogen (secondary N) is 4. The zero-order valence-electron chi connectivity index (χ0n) is 61.7. The number of piperazine rings is 1. The van der Waals surface area contributed by atoms with Crippen molar-refractivity contribution < 1.29 is 95.3 Å². The Bertz CT molecular complexity index is 3100. The lowest BCUT2D eigenvalue weighted by molar-refractivity contribution is -0.141. The largest absolute Gasteiger partial charge is 0.522 e. The number of methoxy groups -OCH3 is 2. The van der Waals surface area contributed by atoms with Gasteiger partial charge in [-0.2, -0.15) is 62.1 Å². The van der Waals surface area contributed by atoms with Gasteiger partial charge in [0, 0.05) is 90.4 Å². The maximum absolute atomic E-state index is 13.8. The molecule has 4 N–H and O–H groups in total. The number of esters is 2. The zero-order valence-corrected chi connectivity index (χ0v) is 69.3. The number of nitrogens with zero attached hydrogens (tertiary/aromatic N) is 4. The van der Waals surface area contributed by atoms with Crippen molar-refractivity contribution in [2.75, 3.05) is 86.7 Å². The van der Waals surface area contributed by atoms with Gasteiger partial charge in [0.25, 0.3) is 0 Å². The molecule has 4 rings (SSSR count). The van der Waals surface area contributed by atoms with Crippen LogP contribution < -0.4 is 21.3 Å². The second-order valence-electron chi connectivity index (χ2n) is 27.8. The van der Waals surface area contributed by atoms with E-state index in [1.165, 1.54) is 87.1 Å². The van der Waals surface area contributed by atoms with E-state index in [4.69, 9.17) is 39.2 Å². The van der Waals surface area contributed by atoms with Gasteiger partial charge >= 0.3 is 45.8 Å². The molecular formula is C63H112ClF5N8O16S4Si3. The quantitative estimate of drug-likeness (QED) is 0.0191. The van der Waals surface area contributed by atoms with E-state index in [-0.39, 0.29) is 124 Å². The molecule has 0 bridgehead atoms. The summed E-state index contributed by atoms with van der Waals surface area (Å²) in [4.78, 5) is 77.9. The predicted octanol–water partition coefficient (Wildman–Crippen LogP) is 13.0. The Morgan fingerprint density at radius 2 is 1.24 bits per heavy atom. The number of hydrogen-bond acceptors (Lipinski definition) is 19. The molecule has 0 saturated carbocycles. The van der Waals surface area contributed by atoms with Crippen LogP contribution >= 0.6 is 52.1 Å². The van der Waals surface area contributed by atoms with E-state index in [9.17, 15) is 59.1 Å².